The zero-order chi connectivity index (χ0) is 27.8. The third-order valence-corrected chi connectivity index (χ3v) is 5.26. The number of guanidine groups is 1. The number of aliphatic imine (C=N–C) groups is 1. The Bertz CT molecular complexity index is 742. The van der Waals surface area contributed by atoms with Crippen molar-refractivity contribution in [3.05, 3.63) is 0 Å². The first kappa shape index (κ1) is 33.0. The first-order chi connectivity index (χ1) is 16.8. The van der Waals surface area contributed by atoms with E-state index in [0.29, 0.717) is 25.8 Å². The van der Waals surface area contributed by atoms with E-state index in [0.717, 1.165) is 0 Å². The fourth-order valence-corrected chi connectivity index (χ4v) is 3.34. The van der Waals surface area contributed by atoms with Crippen LogP contribution in [-0.4, -0.2) is 83.2 Å². The lowest BCUT2D eigenvalue weighted by molar-refractivity contribution is -0.142. The smallest absolute Gasteiger partial charge is 0.326 e. The maximum atomic E-state index is 12.9. The maximum Gasteiger partial charge on any atom is 0.326 e. The summed E-state index contributed by atoms with van der Waals surface area (Å²) in [5.41, 5.74) is 21.9. The highest BCUT2D eigenvalue weighted by molar-refractivity contribution is 5.94. The quantitative estimate of drug-likeness (QED) is 0.0523. The minimum Gasteiger partial charge on any atom is -0.480 e. The van der Waals surface area contributed by atoms with Crippen molar-refractivity contribution < 1.29 is 29.4 Å². The van der Waals surface area contributed by atoms with Gasteiger partial charge in [-0.15, -0.1) is 0 Å². The van der Waals surface area contributed by atoms with Gasteiger partial charge in [0.2, 0.25) is 17.7 Å². The fraction of sp³-hybridized carbons (Fsp3) is 0.773. The molecule has 208 valence electrons. The fourth-order valence-electron chi connectivity index (χ4n) is 3.34. The van der Waals surface area contributed by atoms with E-state index >= 15 is 0 Å². The summed E-state index contributed by atoms with van der Waals surface area (Å²) in [7, 11) is 0. The Labute approximate surface area is 212 Å². The lowest BCUT2D eigenvalue weighted by Gasteiger charge is -2.26. The molecule has 0 rings (SSSR count). The second-order valence-corrected chi connectivity index (χ2v) is 9.16. The Morgan fingerprint density at radius 2 is 1.44 bits per heavy atom. The zero-order valence-corrected chi connectivity index (χ0v) is 21.4. The van der Waals surface area contributed by atoms with Crippen LogP contribution >= 0.6 is 0 Å². The molecule has 0 aliphatic carbocycles. The summed E-state index contributed by atoms with van der Waals surface area (Å²) in [4.78, 5) is 53.7. The number of hydrogen-bond donors (Lipinski definition) is 9. The monoisotopic (exact) mass is 516 g/mol. The van der Waals surface area contributed by atoms with Crippen LogP contribution in [-0.2, 0) is 19.2 Å². The van der Waals surface area contributed by atoms with Gasteiger partial charge in [0.1, 0.15) is 18.1 Å². The van der Waals surface area contributed by atoms with Gasteiger partial charge in [-0.3, -0.25) is 19.4 Å². The summed E-state index contributed by atoms with van der Waals surface area (Å²) in [6, 6.07) is -4.63. The summed E-state index contributed by atoms with van der Waals surface area (Å²) < 4.78 is 0. The van der Waals surface area contributed by atoms with Crippen LogP contribution in [0.5, 0.6) is 0 Å². The van der Waals surface area contributed by atoms with Gasteiger partial charge >= 0.3 is 5.97 Å². The molecule has 3 amide bonds. The van der Waals surface area contributed by atoms with Gasteiger partial charge in [0, 0.05) is 6.54 Å². The molecule has 0 radical (unpaired) electrons. The molecular formula is C22H44N8O6. The van der Waals surface area contributed by atoms with Gasteiger partial charge in [0.15, 0.2) is 5.96 Å². The average molecular weight is 517 g/mol. The molecule has 13 N–H and O–H groups in total. The number of aliphatic hydroxyl groups is 1. The number of carbonyl (C=O) groups is 4. The molecule has 0 aliphatic heterocycles. The molecule has 0 bridgehead atoms. The van der Waals surface area contributed by atoms with E-state index in [1.165, 1.54) is 6.92 Å². The van der Waals surface area contributed by atoms with Crippen molar-refractivity contribution in [2.24, 2.45) is 33.8 Å². The number of aliphatic carboxylic acids is 1. The van der Waals surface area contributed by atoms with Gasteiger partial charge < -0.3 is 49.1 Å². The number of carbonyl (C=O) groups excluding carboxylic acids is 3. The molecule has 14 heteroatoms. The summed E-state index contributed by atoms with van der Waals surface area (Å²) in [5.74, 6) is -3.41. The standard InChI is InChI=1S/C22H44N8O6/c1-12(2)11-14(24)18(32)30-17(13(3)31)20(34)28-15(8-6-10-27-22(25)26)19(33)29-16(21(35)36)7-4-5-9-23/h12-17,31H,4-11,23-24H2,1-3H3,(H,28,34)(H,29,33)(H,30,32)(H,35,36)(H4,25,26,27). The van der Waals surface area contributed by atoms with Crippen molar-refractivity contribution in [3.8, 4) is 0 Å². The van der Waals surface area contributed by atoms with E-state index in [1.54, 1.807) is 0 Å². The van der Waals surface area contributed by atoms with Gasteiger partial charge in [-0.1, -0.05) is 13.8 Å². The number of carboxylic acid groups (broad SMARTS) is 1. The first-order valence-corrected chi connectivity index (χ1v) is 12.1. The van der Waals surface area contributed by atoms with Gasteiger partial charge in [-0.25, -0.2) is 4.79 Å². The molecule has 36 heavy (non-hydrogen) atoms. The topological polar surface area (TPSA) is 261 Å². The van der Waals surface area contributed by atoms with Crippen LogP contribution in [0, 0.1) is 5.92 Å². The van der Waals surface area contributed by atoms with Crippen LogP contribution in [0.15, 0.2) is 4.99 Å². The Morgan fingerprint density at radius 3 is 1.94 bits per heavy atom. The van der Waals surface area contributed by atoms with E-state index in [1.807, 2.05) is 13.8 Å². The summed E-state index contributed by atoms with van der Waals surface area (Å²) in [6.45, 7) is 5.64. The molecule has 0 fully saturated rings. The van der Waals surface area contributed by atoms with Crippen molar-refractivity contribution in [3.63, 3.8) is 0 Å². The van der Waals surface area contributed by atoms with Crippen molar-refractivity contribution in [1.29, 1.82) is 0 Å². The highest BCUT2D eigenvalue weighted by atomic mass is 16.4. The number of rotatable bonds is 18. The molecule has 14 nitrogen and oxygen atoms in total. The van der Waals surface area contributed by atoms with Gasteiger partial charge in [-0.2, -0.15) is 0 Å². The van der Waals surface area contributed by atoms with E-state index in [4.69, 9.17) is 22.9 Å². The van der Waals surface area contributed by atoms with Crippen molar-refractivity contribution in [2.75, 3.05) is 13.1 Å². The predicted molar refractivity (Wildman–Crippen MR) is 135 cm³/mol. The maximum absolute atomic E-state index is 12.9. The van der Waals surface area contributed by atoms with E-state index < -0.39 is 54.0 Å². The summed E-state index contributed by atoms with van der Waals surface area (Å²) in [6.07, 6.45) is 0.662. The molecule has 0 heterocycles. The van der Waals surface area contributed by atoms with E-state index in [-0.39, 0.29) is 37.7 Å². The number of nitrogens with one attached hydrogen (secondary N) is 3. The molecule has 0 aliphatic rings. The van der Waals surface area contributed by atoms with E-state index in [2.05, 4.69) is 20.9 Å². The highest BCUT2D eigenvalue weighted by Crippen LogP contribution is 2.07. The Kier molecular flexibility index (Phi) is 16.0. The van der Waals surface area contributed by atoms with Crippen molar-refractivity contribution >= 4 is 29.7 Å². The summed E-state index contributed by atoms with van der Waals surface area (Å²) in [5, 5.41) is 26.9. The molecule has 0 saturated carbocycles. The number of unbranched alkanes of at least 4 members (excludes halogenated alkanes) is 1. The van der Waals surface area contributed by atoms with Crippen molar-refractivity contribution in [2.45, 2.75) is 89.6 Å². The Hall–Kier alpha value is -2.97. The van der Waals surface area contributed by atoms with Gasteiger partial charge in [0.05, 0.1) is 12.1 Å². The third kappa shape index (κ3) is 13.8. The van der Waals surface area contributed by atoms with Crippen LogP contribution in [0.4, 0.5) is 0 Å². The minimum absolute atomic E-state index is 0.0663. The lowest BCUT2D eigenvalue weighted by Crippen LogP contribution is -2.59. The Balaban J connectivity index is 5.53. The van der Waals surface area contributed by atoms with E-state index in [9.17, 15) is 29.4 Å². The molecule has 0 saturated heterocycles. The van der Waals surface area contributed by atoms with Crippen LogP contribution < -0.4 is 38.9 Å². The molecule has 0 aromatic rings. The van der Waals surface area contributed by atoms with Gasteiger partial charge in [-0.05, 0) is 57.9 Å². The first-order valence-electron chi connectivity index (χ1n) is 12.1. The van der Waals surface area contributed by atoms with Gasteiger partial charge in [0.25, 0.3) is 0 Å². The molecule has 5 unspecified atom stereocenters. The number of hydrogen-bond acceptors (Lipinski definition) is 8. The minimum atomic E-state index is -1.39. The summed E-state index contributed by atoms with van der Waals surface area (Å²) >= 11 is 0. The molecule has 0 aromatic heterocycles. The van der Waals surface area contributed by atoms with Crippen molar-refractivity contribution in [1.82, 2.24) is 16.0 Å². The van der Waals surface area contributed by atoms with Crippen LogP contribution in [0.3, 0.4) is 0 Å². The molecular weight excluding hydrogens is 472 g/mol. The number of nitrogens with two attached hydrogens (primary N) is 4. The van der Waals surface area contributed by atoms with Crippen LogP contribution in [0.1, 0.15) is 59.3 Å². The molecule has 5 atom stereocenters. The largest absolute Gasteiger partial charge is 0.480 e. The predicted octanol–water partition coefficient (Wildman–Crippen LogP) is -2.54. The highest BCUT2D eigenvalue weighted by Gasteiger charge is 2.32. The average Bonchev–Trinajstić information content (AvgIpc) is 2.77. The van der Waals surface area contributed by atoms with Crippen LogP contribution in [0.2, 0.25) is 0 Å². The molecule has 0 aromatic carbocycles. The molecule has 0 spiro atoms. The Morgan fingerprint density at radius 1 is 0.861 bits per heavy atom. The number of aliphatic hydroxyl groups excluding tert-OH is 1. The second kappa shape index (κ2) is 17.5. The number of amides is 3. The zero-order valence-electron chi connectivity index (χ0n) is 21.4. The third-order valence-electron chi connectivity index (χ3n) is 5.26. The lowest BCUT2D eigenvalue weighted by atomic mass is 10.0. The number of carboxylic acids is 1. The second-order valence-electron chi connectivity index (χ2n) is 9.16. The number of nitrogens with zero attached hydrogens (tertiary/aromatic N) is 1. The SMILES string of the molecule is CC(C)CC(N)C(=O)NC(C(=O)NC(CCCN=C(N)N)C(=O)NC(CCCCN)C(=O)O)C(C)O. The van der Waals surface area contributed by atoms with Crippen LogP contribution in [0.25, 0.3) is 0 Å². The normalized spacial score (nSPS) is 15.2.